The molecule has 1 fully saturated rings. The number of β-amino-alcohol motifs (C(OH)–C–C–N with tert-alkyl or cyclic N) is 2. The molecule has 0 aliphatic carbocycles. The molecule has 0 aromatic rings. The van der Waals surface area contributed by atoms with E-state index in [1.54, 1.807) is 9.80 Å². The summed E-state index contributed by atoms with van der Waals surface area (Å²) >= 11 is 0. The molecule has 1 aliphatic heterocycles. The highest BCUT2D eigenvalue weighted by molar-refractivity contribution is 5.78. The van der Waals surface area contributed by atoms with Crippen LogP contribution in [-0.4, -0.2) is 161 Å². The lowest BCUT2D eigenvalue weighted by Gasteiger charge is -2.33. The number of carbonyl (C=O) groups is 3. The molecule has 0 radical (unpaired) electrons. The number of aliphatic carboxylic acids is 2. The maximum absolute atomic E-state index is 12.5. The summed E-state index contributed by atoms with van der Waals surface area (Å²) in [4.78, 5) is 42.3. The highest BCUT2D eigenvalue weighted by Gasteiger charge is 2.21. The van der Waals surface area contributed by atoms with Crippen molar-refractivity contribution in [2.24, 2.45) is 0 Å². The van der Waals surface area contributed by atoms with Crippen molar-refractivity contribution in [3.8, 4) is 0 Å². The fraction of sp³-hybridized carbons (Fsp3) is 0.864. The summed E-state index contributed by atoms with van der Waals surface area (Å²) in [6, 6.07) is 0. The van der Waals surface area contributed by atoms with Gasteiger partial charge >= 0.3 is 11.9 Å². The van der Waals surface area contributed by atoms with Gasteiger partial charge in [0.1, 0.15) is 0 Å². The minimum absolute atomic E-state index is 0.00452. The summed E-state index contributed by atoms with van der Waals surface area (Å²) in [5.41, 5.74) is -0.0455. The lowest BCUT2D eigenvalue weighted by molar-refractivity contribution is -0.140. The Hall–Kier alpha value is -1.87. The molecule has 0 aromatic carbocycles. The third kappa shape index (κ3) is 16.4. The average Bonchev–Trinajstić information content (AvgIpc) is 2.71. The van der Waals surface area contributed by atoms with E-state index in [-0.39, 0.29) is 37.6 Å². The number of aliphatic hydroxyl groups excluding tert-OH is 1. The zero-order chi connectivity index (χ0) is 26.4. The summed E-state index contributed by atoms with van der Waals surface area (Å²) in [5.74, 6) is -2.09. The molecule has 0 unspecified atom stereocenters. The van der Waals surface area contributed by atoms with Crippen LogP contribution in [0.5, 0.6) is 0 Å². The quantitative estimate of drug-likeness (QED) is 0.126. The van der Waals surface area contributed by atoms with E-state index in [9.17, 15) is 34.8 Å². The van der Waals surface area contributed by atoms with Crippen LogP contribution in [0.1, 0.15) is 20.8 Å². The average molecular weight is 505 g/mol. The van der Waals surface area contributed by atoms with E-state index in [0.29, 0.717) is 65.4 Å². The SMILES string of the molecule is CC(C)(C)NCCNC(=O)CN1CCN(CC(=O)O)CCN(CC(=O)O)CCN(CC(O)O)CC1. The van der Waals surface area contributed by atoms with Crippen LogP contribution in [0, 0.1) is 0 Å². The molecule has 0 bridgehead atoms. The third-order valence-electron chi connectivity index (χ3n) is 5.54. The van der Waals surface area contributed by atoms with E-state index >= 15 is 0 Å². The molecular formula is C22H44N6O7. The predicted octanol–water partition coefficient (Wildman–Crippen LogP) is -2.81. The lowest BCUT2D eigenvalue weighted by atomic mass is 10.1. The second-order valence-corrected chi connectivity index (χ2v) is 9.92. The Morgan fingerprint density at radius 1 is 0.714 bits per heavy atom. The summed E-state index contributed by atoms with van der Waals surface area (Å²) in [6.07, 6.45) is -1.53. The summed E-state index contributed by atoms with van der Waals surface area (Å²) in [6.45, 7) is 10.3. The number of aliphatic hydroxyl groups is 2. The molecule has 1 aliphatic rings. The molecule has 0 spiro atoms. The fourth-order valence-corrected chi connectivity index (χ4v) is 3.75. The van der Waals surface area contributed by atoms with E-state index in [4.69, 9.17) is 0 Å². The second kappa shape index (κ2) is 16.0. The topological polar surface area (TPSA) is 169 Å². The van der Waals surface area contributed by atoms with Gasteiger partial charge in [-0.25, -0.2) is 0 Å². The smallest absolute Gasteiger partial charge is 0.317 e. The van der Waals surface area contributed by atoms with E-state index in [0.717, 1.165) is 0 Å². The van der Waals surface area contributed by atoms with Crippen LogP contribution >= 0.6 is 0 Å². The van der Waals surface area contributed by atoms with Gasteiger partial charge in [0.2, 0.25) is 5.91 Å². The molecule has 13 heteroatoms. The van der Waals surface area contributed by atoms with Gasteiger partial charge in [0.15, 0.2) is 6.29 Å². The number of carbonyl (C=O) groups excluding carboxylic acids is 1. The first-order valence-corrected chi connectivity index (χ1v) is 12.0. The van der Waals surface area contributed by atoms with Crippen molar-refractivity contribution >= 4 is 17.8 Å². The zero-order valence-corrected chi connectivity index (χ0v) is 21.3. The van der Waals surface area contributed by atoms with Gasteiger partial charge in [-0.2, -0.15) is 0 Å². The molecule has 1 heterocycles. The monoisotopic (exact) mass is 504 g/mol. The Bertz CT molecular complexity index is 659. The second-order valence-electron chi connectivity index (χ2n) is 9.92. The molecular weight excluding hydrogens is 460 g/mol. The van der Waals surface area contributed by atoms with Gasteiger partial charge in [-0.15, -0.1) is 0 Å². The molecule has 35 heavy (non-hydrogen) atoms. The number of amides is 1. The normalized spacial score (nSPS) is 18.7. The summed E-state index contributed by atoms with van der Waals surface area (Å²) in [7, 11) is 0. The number of carboxylic acids is 2. The molecule has 13 nitrogen and oxygen atoms in total. The molecule has 1 amide bonds. The molecule has 0 atom stereocenters. The number of nitrogens with zero attached hydrogens (tertiary/aromatic N) is 4. The van der Waals surface area contributed by atoms with Gasteiger partial charge in [0.05, 0.1) is 19.6 Å². The maximum atomic E-state index is 12.5. The zero-order valence-electron chi connectivity index (χ0n) is 21.3. The Labute approximate surface area is 207 Å². The van der Waals surface area contributed by atoms with Gasteiger partial charge in [0, 0.05) is 77.5 Å². The molecule has 0 aromatic heterocycles. The number of nitrogens with one attached hydrogen (secondary N) is 2. The van der Waals surface area contributed by atoms with E-state index in [1.165, 1.54) is 0 Å². The van der Waals surface area contributed by atoms with Crippen molar-refractivity contribution in [3.05, 3.63) is 0 Å². The first-order chi connectivity index (χ1) is 16.3. The maximum Gasteiger partial charge on any atom is 0.317 e. The van der Waals surface area contributed by atoms with Crippen molar-refractivity contribution in [3.63, 3.8) is 0 Å². The standard InChI is InChI=1S/C22H44N6O7/c1-22(2,3)24-5-4-23-18(29)14-25-6-8-26(15-19(30)31)10-12-28(17-21(34)35)13-11-27(9-7-25)16-20(32)33/h19,24,30-31H,4-17H2,1-3H3,(H,23,29)(H,32,33)(H,34,35). The van der Waals surface area contributed by atoms with Gasteiger partial charge in [-0.1, -0.05) is 0 Å². The van der Waals surface area contributed by atoms with E-state index in [2.05, 4.69) is 10.6 Å². The van der Waals surface area contributed by atoms with Crippen LogP contribution in [0.3, 0.4) is 0 Å². The van der Waals surface area contributed by atoms with Crippen molar-refractivity contribution in [2.45, 2.75) is 32.6 Å². The predicted molar refractivity (Wildman–Crippen MR) is 130 cm³/mol. The Morgan fingerprint density at radius 3 is 1.49 bits per heavy atom. The Morgan fingerprint density at radius 2 is 1.11 bits per heavy atom. The van der Waals surface area contributed by atoms with Crippen molar-refractivity contribution in [2.75, 3.05) is 91.6 Å². The third-order valence-corrected chi connectivity index (χ3v) is 5.54. The lowest BCUT2D eigenvalue weighted by Crippen LogP contribution is -2.50. The number of hydrogen-bond donors (Lipinski definition) is 6. The van der Waals surface area contributed by atoms with Gasteiger partial charge in [-0.3, -0.25) is 34.0 Å². The molecule has 1 rings (SSSR count). The first-order valence-electron chi connectivity index (χ1n) is 12.0. The van der Waals surface area contributed by atoms with Crippen LogP contribution in [0.2, 0.25) is 0 Å². The Kier molecular flexibility index (Phi) is 14.2. The summed E-state index contributed by atoms with van der Waals surface area (Å²) < 4.78 is 0. The Balaban J connectivity index is 2.83. The molecule has 1 saturated heterocycles. The van der Waals surface area contributed by atoms with Crippen molar-refractivity contribution in [1.82, 2.24) is 30.2 Å². The van der Waals surface area contributed by atoms with Crippen molar-refractivity contribution in [1.29, 1.82) is 0 Å². The van der Waals surface area contributed by atoms with Crippen LogP contribution < -0.4 is 10.6 Å². The summed E-state index contributed by atoms with van der Waals surface area (Å²) in [5, 5.41) is 43.7. The largest absolute Gasteiger partial charge is 0.480 e. The van der Waals surface area contributed by atoms with Crippen LogP contribution in [0.15, 0.2) is 0 Å². The van der Waals surface area contributed by atoms with Gasteiger partial charge < -0.3 is 31.1 Å². The molecule has 6 N–H and O–H groups in total. The fourth-order valence-electron chi connectivity index (χ4n) is 3.75. The molecule has 204 valence electrons. The van der Waals surface area contributed by atoms with Crippen LogP contribution in [0.4, 0.5) is 0 Å². The number of hydrogen-bond acceptors (Lipinski definition) is 10. The molecule has 0 saturated carbocycles. The van der Waals surface area contributed by atoms with Gasteiger partial charge in [-0.05, 0) is 20.8 Å². The highest BCUT2D eigenvalue weighted by Crippen LogP contribution is 2.02. The number of rotatable bonds is 11. The van der Waals surface area contributed by atoms with Gasteiger partial charge in [0.25, 0.3) is 0 Å². The van der Waals surface area contributed by atoms with E-state index in [1.807, 2.05) is 30.6 Å². The first kappa shape index (κ1) is 31.2. The van der Waals surface area contributed by atoms with Crippen LogP contribution in [-0.2, 0) is 14.4 Å². The minimum Gasteiger partial charge on any atom is -0.480 e. The van der Waals surface area contributed by atoms with E-state index < -0.39 is 18.2 Å². The highest BCUT2D eigenvalue weighted by atomic mass is 16.5. The van der Waals surface area contributed by atoms with Crippen LogP contribution in [0.25, 0.3) is 0 Å². The van der Waals surface area contributed by atoms with Crippen molar-refractivity contribution < 1.29 is 34.8 Å². The minimum atomic E-state index is -1.53. The number of carboxylic acid groups (broad SMARTS) is 2.